The molecule has 2 atom stereocenters. The van der Waals surface area contributed by atoms with Crippen molar-refractivity contribution in [2.24, 2.45) is 0 Å². The van der Waals surface area contributed by atoms with E-state index < -0.39 is 6.10 Å². The van der Waals surface area contributed by atoms with E-state index in [1.807, 2.05) is 18.2 Å². The number of ether oxygens (including phenoxy) is 1. The van der Waals surface area contributed by atoms with Gasteiger partial charge in [0.1, 0.15) is 5.03 Å². The van der Waals surface area contributed by atoms with Crippen molar-refractivity contribution < 1.29 is 14.6 Å². The van der Waals surface area contributed by atoms with Crippen LogP contribution in [0.2, 0.25) is 0 Å². The third-order valence-electron chi connectivity index (χ3n) is 4.31. The van der Waals surface area contributed by atoms with Crippen molar-refractivity contribution in [3.63, 3.8) is 0 Å². The van der Waals surface area contributed by atoms with Crippen LogP contribution in [0.5, 0.6) is 0 Å². The SMILES string of the molecule is CN(C(=O)c1cccnc1SCCc1ccccc1)[C@H]1COC[C@@H]1O. The molecule has 0 unspecified atom stereocenters. The maximum absolute atomic E-state index is 12.8. The maximum Gasteiger partial charge on any atom is 0.256 e. The fourth-order valence-corrected chi connectivity index (χ4v) is 3.80. The molecular weight excluding hydrogens is 336 g/mol. The number of benzene rings is 1. The van der Waals surface area contributed by atoms with Gasteiger partial charge in [0.15, 0.2) is 0 Å². The predicted octanol–water partition coefficient (Wildman–Crippen LogP) is 2.25. The number of aliphatic hydroxyl groups excluding tert-OH is 1. The van der Waals surface area contributed by atoms with Crippen LogP contribution in [-0.2, 0) is 11.2 Å². The van der Waals surface area contributed by atoms with Crippen LogP contribution in [-0.4, -0.2) is 59.1 Å². The number of aryl methyl sites for hydroxylation is 1. The number of hydrogen-bond acceptors (Lipinski definition) is 5. The van der Waals surface area contributed by atoms with Crippen molar-refractivity contribution in [3.05, 3.63) is 59.8 Å². The second-order valence-corrected chi connectivity index (χ2v) is 7.11. The number of thioether (sulfide) groups is 1. The van der Waals surface area contributed by atoms with Crippen molar-refractivity contribution in [1.82, 2.24) is 9.88 Å². The molecule has 0 radical (unpaired) electrons. The van der Waals surface area contributed by atoms with Crippen LogP contribution in [0.15, 0.2) is 53.7 Å². The van der Waals surface area contributed by atoms with Crippen LogP contribution in [0.4, 0.5) is 0 Å². The van der Waals surface area contributed by atoms with Crippen molar-refractivity contribution in [2.75, 3.05) is 26.0 Å². The quantitative estimate of drug-likeness (QED) is 0.803. The van der Waals surface area contributed by atoms with E-state index in [-0.39, 0.29) is 18.6 Å². The van der Waals surface area contributed by atoms with Gasteiger partial charge in [0.2, 0.25) is 0 Å². The molecule has 132 valence electrons. The van der Waals surface area contributed by atoms with Gasteiger partial charge in [-0.25, -0.2) is 4.98 Å². The van der Waals surface area contributed by atoms with Crippen LogP contribution in [0.1, 0.15) is 15.9 Å². The molecule has 1 aliphatic rings. The van der Waals surface area contributed by atoms with Crippen LogP contribution in [0, 0.1) is 0 Å². The predicted molar refractivity (Wildman–Crippen MR) is 97.8 cm³/mol. The van der Waals surface area contributed by atoms with Gasteiger partial charge in [-0.3, -0.25) is 4.79 Å². The van der Waals surface area contributed by atoms with Gasteiger partial charge < -0.3 is 14.7 Å². The molecule has 3 rings (SSSR count). The Bertz CT molecular complexity index is 711. The Morgan fingerprint density at radius 1 is 1.28 bits per heavy atom. The van der Waals surface area contributed by atoms with E-state index in [1.54, 1.807) is 42.0 Å². The van der Waals surface area contributed by atoms with Gasteiger partial charge in [-0.15, -0.1) is 11.8 Å². The number of rotatable bonds is 6. The Labute approximate surface area is 152 Å². The lowest BCUT2D eigenvalue weighted by Crippen LogP contribution is -2.44. The summed E-state index contributed by atoms with van der Waals surface area (Å²) in [5, 5.41) is 10.7. The minimum absolute atomic E-state index is 0.134. The van der Waals surface area contributed by atoms with Crippen LogP contribution in [0.3, 0.4) is 0 Å². The minimum Gasteiger partial charge on any atom is -0.388 e. The Balaban J connectivity index is 1.66. The van der Waals surface area contributed by atoms with Gasteiger partial charge in [-0.1, -0.05) is 30.3 Å². The lowest BCUT2D eigenvalue weighted by atomic mass is 10.1. The molecule has 1 aliphatic heterocycles. The van der Waals surface area contributed by atoms with E-state index >= 15 is 0 Å². The standard InChI is InChI=1S/C19H22N2O3S/c1-21(16-12-24-13-17(16)22)19(23)15-8-5-10-20-18(15)25-11-9-14-6-3-2-4-7-14/h2-8,10,16-17,22H,9,11-13H2,1H3/t16-,17-/m0/s1. The normalized spacial score (nSPS) is 19.8. The number of likely N-dealkylation sites (N-methyl/N-ethyl adjacent to an activating group) is 1. The number of aromatic nitrogens is 1. The van der Waals surface area contributed by atoms with E-state index in [1.165, 1.54) is 5.56 Å². The highest BCUT2D eigenvalue weighted by Gasteiger charge is 2.33. The molecule has 1 fully saturated rings. The topological polar surface area (TPSA) is 62.7 Å². The van der Waals surface area contributed by atoms with Gasteiger partial charge in [-0.05, 0) is 24.1 Å². The molecule has 0 aliphatic carbocycles. The summed E-state index contributed by atoms with van der Waals surface area (Å²) in [7, 11) is 1.70. The van der Waals surface area contributed by atoms with Crippen LogP contribution in [0.25, 0.3) is 0 Å². The number of carbonyl (C=O) groups is 1. The highest BCUT2D eigenvalue weighted by atomic mass is 32.2. The first-order chi connectivity index (χ1) is 12.2. The summed E-state index contributed by atoms with van der Waals surface area (Å²) < 4.78 is 5.26. The largest absolute Gasteiger partial charge is 0.388 e. The first-order valence-corrected chi connectivity index (χ1v) is 9.30. The summed E-state index contributed by atoms with van der Waals surface area (Å²) in [5.74, 6) is 0.713. The Hall–Kier alpha value is -1.89. The fraction of sp³-hybridized carbons (Fsp3) is 0.368. The summed E-state index contributed by atoms with van der Waals surface area (Å²) in [6.07, 6.45) is 1.98. The number of nitrogens with zero attached hydrogens (tertiary/aromatic N) is 2. The van der Waals surface area contributed by atoms with Gasteiger partial charge in [0.25, 0.3) is 5.91 Å². The highest BCUT2D eigenvalue weighted by molar-refractivity contribution is 7.99. The number of aliphatic hydroxyl groups is 1. The lowest BCUT2D eigenvalue weighted by molar-refractivity contribution is 0.0577. The zero-order chi connectivity index (χ0) is 17.6. The lowest BCUT2D eigenvalue weighted by Gasteiger charge is -2.26. The highest BCUT2D eigenvalue weighted by Crippen LogP contribution is 2.24. The zero-order valence-electron chi connectivity index (χ0n) is 14.2. The molecule has 25 heavy (non-hydrogen) atoms. The average Bonchev–Trinajstić information content (AvgIpc) is 3.08. The number of hydrogen-bond donors (Lipinski definition) is 1. The summed E-state index contributed by atoms with van der Waals surface area (Å²) in [6.45, 7) is 0.633. The molecule has 0 saturated carbocycles. The van der Waals surface area contributed by atoms with E-state index in [0.29, 0.717) is 12.2 Å². The van der Waals surface area contributed by atoms with Crippen LogP contribution < -0.4 is 0 Å². The molecule has 2 heterocycles. The smallest absolute Gasteiger partial charge is 0.256 e. The Morgan fingerprint density at radius 2 is 2.08 bits per heavy atom. The summed E-state index contributed by atoms with van der Waals surface area (Å²) >= 11 is 1.58. The zero-order valence-corrected chi connectivity index (χ0v) is 15.0. The first-order valence-electron chi connectivity index (χ1n) is 8.31. The monoisotopic (exact) mass is 358 g/mol. The molecule has 6 heteroatoms. The molecular formula is C19H22N2O3S. The van der Waals surface area contributed by atoms with E-state index in [9.17, 15) is 9.90 Å². The molecule has 5 nitrogen and oxygen atoms in total. The molecule has 1 amide bonds. The molecule has 1 aromatic heterocycles. The minimum atomic E-state index is -0.639. The second kappa shape index (κ2) is 8.47. The Kier molecular flexibility index (Phi) is 6.07. The molecule has 1 saturated heterocycles. The van der Waals surface area contributed by atoms with E-state index in [2.05, 4.69) is 17.1 Å². The van der Waals surface area contributed by atoms with Crippen molar-refractivity contribution in [2.45, 2.75) is 23.6 Å². The van der Waals surface area contributed by atoms with E-state index in [0.717, 1.165) is 17.2 Å². The summed E-state index contributed by atoms with van der Waals surface area (Å²) in [5.41, 5.74) is 1.84. The first kappa shape index (κ1) is 17.9. The van der Waals surface area contributed by atoms with Crippen LogP contribution >= 0.6 is 11.8 Å². The van der Waals surface area contributed by atoms with E-state index in [4.69, 9.17) is 4.74 Å². The van der Waals surface area contributed by atoms with Gasteiger partial charge in [0.05, 0.1) is 30.9 Å². The number of amides is 1. The summed E-state index contributed by atoms with van der Waals surface area (Å²) in [6, 6.07) is 13.5. The Morgan fingerprint density at radius 3 is 2.80 bits per heavy atom. The molecule has 1 aromatic carbocycles. The molecule has 0 spiro atoms. The summed E-state index contributed by atoms with van der Waals surface area (Å²) in [4.78, 5) is 18.8. The van der Waals surface area contributed by atoms with Gasteiger partial charge in [-0.2, -0.15) is 0 Å². The van der Waals surface area contributed by atoms with Crippen molar-refractivity contribution in [1.29, 1.82) is 0 Å². The van der Waals surface area contributed by atoms with Gasteiger partial charge >= 0.3 is 0 Å². The number of pyridine rings is 1. The van der Waals surface area contributed by atoms with Crippen molar-refractivity contribution >= 4 is 17.7 Å². The third kappa shape index (κ3) is 4.39. The molecule has 0 bridgehead atoms. The fourth-order valence-electron chi connectivity index (χ4n) is 2.82. The van der Waals surface area contributed by atoms with Crippen molar-refractivity contribution in [3.8, 4) is 0 Å². The maximum atomic E-state index is 12.8. The third-order valence-corrected chi connectivity index (χ3v) is 5.32. The average molecular weight is 358 g/mol. The number of carbonyl (C=O) groups excluding carboxylic acids is 1. The molecule has 1 N–H and O–H groups in total. The van der Waals surface area contributed by atoms with Gasteiger partial charge in [0, 0.05) is 19.0 Å². The molecule has 2 aromatic rings. The second-order valence-electron chi connectivity index (χ2n) is 6.03.